The van der Waals surface area contributed by atoms with Gasteiger partial charge in [-0.2, -0.15) is 0 Å². The highest BCUT2D eigenvalue weighted by Gasteiger charge is 2.38. The van der Waals surface area contributed by atoms with Crippen LogP contribution < -0.4 is 5.32 Å². The Kier molecular flexibility index (Phi) is 6.30. The predicted octanol–water partition coefficient (Wildman–Crippen LogP) is 3.74. The largest absolute Gasteiger partial charge is 0.380 e. The number of aromatic nitrogens is 4. The van der Waals surface area contributed by atoms with Gasteiger partial charge in [0.15, 0.2) is 5.82 Å². The van der Waals surface area contributed by atoms with E-state index in [1.807, 2.05) is 11.6 Å². The topological polar surface area (TPSA) is 64.9 Å². The molecule has 1 unspecified atom stereocenters. The first-order valence-electron chi connectivity index (χ1n) is 10.1. The minimum Gasteiger partial charge on any atom is -0.380 e. The van der Waals surface area contributed by atoms with Crippen molar-refractivity contribution in [2.75, 3.05) is 13.2 Å². The van der Waals surface area contributed by atoms with Gasteiger partial charge in [-0.15, -0.1) is 10.8 Å². The van der Waals surface area contributed by atoms with Crippen LogP contribution in [0.1, 0.15) is 72.2 Å². The highest BCUT2D eigenvalue weighted by molar-refractivity contribution is 5.31. The van der Waals surface area contributed by atoms with E-state index >= 15 is 0 Å². The molecule has 1 heterocycles. The van der Waals surface area contributed by atoms with Crippen LogP contribution in [0.15, 0.2) is 28.5 Å². The molecule has 0 aliphatic heterocycles. The van der Waals surface area contributed by atoms with Crippen molar-refractivity contribution < 1.29 is 4.74 Å². The number of nitrogens with zero attached hydrogens (tertiary/aromatic N) is 4. The molecule has 0 saturated heterocycles. The van der Waals surface area contributed by atoms with E-state index in [-0.39, 0.29) is 11.5 Å². The fraction of sp³-hybridized carbons (Fsp3) is 0.714. The van der Waals surface area contributed by atoms with Gasteiger partial charge in [0.05, 0.1) is 19.2 Å². The first-order chi connectivity index (χ1) is 12.9. The number of allylic oxidation sites excluding steroid dienone is 1. The molecule has 6 nitrogen and oxygen atoms in total. The van der Waals surface area contributed by atoms with Crippen molar-refractivity contribution in [3.05, 3.63) is 34.4 Å². The third kappa shape index (κ3) is 5.16. The molecule has 2 saturated carbocycles. The molecule has 1 aromatic rings. The van der Waals surface area contributed by atoms with Crippen LogP contribution in [0.5, 0.6) is 0 Å². The molecule has 2 aliphatic rings. The fourth-order valence-corrected chi connectivity index (χ4v) is 3.50. The minimum atomic E-state index is -0.169. The van der Waals surface area contributed by atoms with Crippen LogP contribution in [0.2, 0.25) is 0 Å². The Hall–Kier alpha value is -1.75. The highest BCUT2D eigenvalue weighted by atomic mass is 16.5. The lowest BCUT2D eigenvalue weighted by Crippen LogP contribution is -2.45. The van der Waals surface area contributed by atoms with E-state index in [4.69, 9.17) is 4.74 Å². The first-order valence-corrected chi connectivity index (χ1v) is 10.1. The molecule has 0 radical (unpaired) electrons. The maximum Gasteiger partial charge on any atom is 0.169 e. The SMILES string of the molecule is CCOCCn1nnnc1C(NC1CC(=C2CC2)C1)C(C)(C)C=C=C(C)C. The van der Waals surface area contributed by atoms with Gasteiger partial charge in [-0.3, -0.25) is 0 Å². The summed E-state index contributed by atoms with van der Waals surface area (Å²) in [6.45, 7) is 12.6. The van der Waals surface area contributed by atoms with Crippen LogP contribution in [-0.4, -0.2) is 39.5 Å². The molecule has 27 heavy (non-hydrogen) atoms. The Morgan fingerprint density at radius 1 is 1.33 bits per heavy atom. The van der Waals surface area contributed by atoms with E-state index in [0.717, 1.165) is 18.7 Å². The molecule has 1 N–H and O–H groups in total. The van der Waals surface area contributed by atoms with Crippen molar-refractivity contribution in [1.82, 2.24) is 25.5 Å². The van der Waals surface area contributed by atoms with Gasteiger partial charge in [-0.25, -0.2) is 4.68 Å². The molecule has 6 heteroatoms. The summed E-state index contributed by atoms with van der Waals surface area (Å²) < 4.78 is 7.38. The summed E-state index contributed by atoms with van der Waals surface area (Å²) >= 11 is 0. The fourth-order valence-electron chi connectivity index (χ4n) is 3.50. The summed E-state index contributed by atoms with van der Waals surface area (Å²) in [6.07, 6.45) is 7.11. The van der Waals surface area contributed by atoms with Gasteiger partial charge in [-0.1, -0.05) is 25.0 Å². The number of hydrogen-bond donors (Lipinski definition) is 1. The second-order valence-electron chi connectivity index (χ2n) is 8.48. The lowest BCUT2D eigenvalue weighted by atomic mass is 9.79. The second-order valence-corrected chi connectivity index (χ2v) is 8.48. The third-order valence-corrected chi connectivity index (χ3v) is 5.33. The molecule has 2 aliphatic carbocycles. The lowest BCUT2D eigenvalue weighted by Gasteiger charge is -2.39. The van der Waals surface area contributed by atoms with Crippen molar-refractivity contribution in [3.8, 4) is 0 Å². The standard InChI is InChI=1S/C21H33N5O/c1-6-27-12-11-26-20(23-24-25-26)19(21(4,5)10-9-15(2)3)22-18-13-17(14-18)16-7-8-16/h10,18-19,22H,6-8,11-14H2,1-5H3. The zero-order valence-electron chi connectivity index (χ0n) is 17.4. The van der Waals surface area contributed by atoms with E-state index in [9.17, 15) is 0 Å². The summed E-state index contributed by atoms with van der Waals surface area (Å²) in [6, 6.07) is 0.520. The van der Waals surface area contributed by atoms with Crippen LogP contribution in [0, 0.1) is 5.41 Å². The number of tetrazole rings is 1. The average Bonchev–Trinajstić information content (AvgIpc) is 3.31. The molecular weight excluding hydrogens is 338 g/mol. The highest BCUT2D eigenvalue weighted by Crippen LogP contribution is 2.43. The van der Waals surface area contributed by atoms with Crippen molar-refractivity contribution in [2.45, 2.75) is 78.9 Å². The van der Waals surface area contributed by atoms with Gasteiger partial charge >= 0.3 is 0 Å². The zero-order chi connectivity index (χ0) is 19.4. The van der Waals surface area contributed by atoms with Crippen LogP contribution >= 0.6 is 0 Å². The van der Waals surface area contributed by atoms with Crippen molar-refractivity contribution in [3.63, 3.8) is 0 Å². The summed E-state index contributed by atoms with van der Waals surface area (Å²) in [5, 5.41) is 16.4. The van der Waals surface area contributed by atoms with Crippen molar-refractivity contribution in [2.24, 2.45) is 5.41 Å². The predicted molar refractivity (Wildman–Crippen MR) is 106 cm³/mol. The third-order valence-electron chi connectivity index (χ3n) is 5.33. The van der Waals surface area contributed by atoms with Crippen molar-refractivity contribution in [1.29, 1.82) is 0 Å². The molecule has 1 aromatic heterocycles. The normalized spacial score (nSPS) is 20.1. The molecular formula is C21H33N5O. The van der Waals surface area contributed by atoms with Crippen LogP contribution in [0.3, 0.4) is 0 Å². The second kappa shape index (κ2) is 8.51. The number of hydrogen-bond acceptors (Lipinski definition) is 5. The first kappa shape index (κ1) is 20.0. The Balaban J connectivity index is 1.80. The van der Waals surface area contributed by atoms with Gasteiger partial charge in [0.25, 0.3) is 0 Å². The molecule has 2 fully saturated rings. The summed E-state index contributed by atoms with van der Waals surface area (Å²) in [4.78, 5) is 0. The Morgan fingerprint density at radius 2 is 2.07 bits per heavy atom. The maximum atomic E-state index is 5.50. The summed E-state index contributed by atoms with van der Waals surface area (Å²) in [5.74, 6) is 0.874. The molecule has 0 aromatic carbocycles. The monoisotopic (exact) mass is 371 g/mol. The average molecular weight is 372 g/mol. The Morgan fingerprint density at radius 3 is 2.70 bits per heavy atom. The smallest absolute Gasteiger partial charge is 0.169 e. The molecule has 0 spiro atoms. The molecule has 1 atom stereocenters. The van der Waals surface area contributed by atoms with Gasteiger partial charge in [0, 0.05) is 18.1 Å². The molecule has 0 amide bonds. The van der Waals surface area contributed by atoms with E-state index < -0.39 is 0 Å². The number of rotatable bonds is 9. The van der Waals surface area contributed by atoms with Gasteiger partial charge < -0.3 is 10.1 Å². The van der Waals surface area contributed by atoms with E-state index in [0.29, 0.717) is 25.8 Å². The van der Waals surface area contributed by atoms with Gasteiger partial charge in [-0.05, 0) is 68.5 Å². The quantitative estimate of drug-likeness (QED) is 0.407. The van der Waals surface area contributed by atoms with Gasteiger partial charge in [0.1, 0.15) is 0 Å². The number of ether oxygens (including phenoxy) is 1. The van der Waals surface area contributed by atoms with Crippen LogP contribution in [-0.2, 0) is 11.3 Å². The maximum absolute atomic E-state index is 5.50. The molecule has 0 bridgehead atoms. The lowest BCUT2D eigenvalue weighted by molar-refractivity contribution is 0.132. The summed E-state index contributed by atoms with van der Waals surface area (Å²) in [7, 11) is 0. The Labute approximate surface area is 162 Å². The van der Waals surface area contributed by atoms with Crippen molar-refractivity contribution >= 4 is 0 Å². The minimum absolute atomic E-state index is 0.0247. The van der Waals surface area contributed by atoms with E-state index in [1.54, 1.807) is 11.1 Å². The Bertz CT molecular complexity index is 736. The summed E-state index contributed by atoms with van der Waals surface area (Å²) in [5.41, 5.74) is 7.74. The molecule has 3 rings (SSSR count). The van der Waals surface area contributed by atoms with Crippen LogP contribution in [0.4, 0.5) is 0 Å². The van der Waals surface area contributed by atoms with Gasteiger partial charge in [0.2, 0.25) is 0 Å². The zero-order valence-corrected chi connectivity index (χ0v) is 17.4. The van der Waals surface area contributed by atoms with Crippen LogP contribution in [0.25, 0.3) is 0 Å². The molecule has 148 valence electrons. The van der Waals surface area contributed by atoms with E-state index in [1.165, 1.54) is 18.4 Å². The number of nitrogens with one attached hydrogen (secondary N) is 1. The van der Waals surface area contributed by atoms with E-state index in [2.05, 4.69) is 60.3 Å².